The molecule has 0 aromatic rings. The molecule has 1 unspecified atom stereocenters. The summed E-state index contributed by atoms with van der Waals surface area (Å²) in [6, 6.07) is 0. The molecule has 14 heavy (non-hydrogen) atoms. The molecule has 2 nitrogen and oxygen atoms in total. The van der Waals surface area contributed by atoms with E-state index in [4.69, 9.17) is 0 Å². The molecule has 1 atom stereocenters. The Morgan fingerprint density at radius 2 is 1.50 bits per heavy atom. The minimum atomic E-state index is -4.80. The zero-order chi connectivity index (χ0) is 11.6. The lowest BCUT2D eigenvalue weighted by Crippen LogP contribution is -2.20. The Morgan fingerprint density at radius 3 is 1.79 bits per heavy atom. The smallest absolute Gasteiger partial charge is 0.319 e. The van der Waals surface area contributed by atoms with E-state index in [1.807, 2.05) is 0 Å². The molecule has 0 aliphatic rings. The first-order valence-electron chi connectivity index (χ1n) is 3.26. The molecular formula is C5H7F6O2P. The van der Waals surface area contributed by atoms with Gasteiger partial charge in [-0.3, -0.25) is 4.57 Å². The van der Waals surface area contributed by atoms with E-state index in [2.05, 4.69) is 4.52 Å². The molecule has 0 aliphatic heterocycles. The number of rotatable bonds is 3. The first-order valence-corrected chi connectivity index (χ1v) is 5.52. The summed E-state index contributed by atoms with van der Waals surface area (Å²) in [4.78, 5) is 0. The molecule has 0 aromatic heterocycles. The summed E-state index contributed by atoms with van der Waals surface area (Å²) in [5.74, 6) is 0. The van der Waals surface area contributed by atoms with Gasteiger partial charge in [0.1, 0.15) is 12.8 Å². The molecule has 0 N–H and O–H groups in total. The maximum atomic E-state index is 11.6. The van der Waals surface area contributed by atoms with Crippen LogP contribution in [0.3, 0.4) is 0 Å². The zero-order valence-electron chi connectivity index (χ0n) is 6.95. The Kier molecular flexibility index (Phi) is 4.03. The van der Waals surface area contributed by atoms with Gasteiger partial charge in [-0.2, -0.15) is 26.3 Å². The highest BCUT2D eigenvalue weighted by molar-refractivity contribution is 7.58. The van der Waals surface area contributed by atoms with Crippen molar-refractivity contribution in [1.29, 1.82) is 0 Å². The first kappa shape index (κ1) is 13.8. The molecule has 0 aliphatic carbocycles. The van der Waals surface area contributed by atoms with E-state index in [1.165, 1.54) is 0 Å². The van der Waals surface area contributed by atoms with Crippen LogP contribution in [0.2, 0.25) is 0 Å². The van der Waals surface area contributed by atoms with Gasteiger partial charge in [-0.05, 0) is 0 Å². The third-order valence-corrected chi connectivity index (χ3v) is 2.58. The van der Waals surface area contributed by atoms with E-state index in [-0.39, 0.29) is 0 Å². The van der Waals surface area contributed by atoms with Crippen molar-refractivity contribution in [2.75, 3.05) is 19.4 Å². The van der Waals surface area contributed by atoms with Gasteiger partial charge in [-0.15, -0.1) is 0 Å². The second kappa shape index (κ2) is 4.10. The zero-order valence-corrected chi connectivity index (χ0v) is 7.84. The first-order chi connectivity index (χ1) is 5.91. The lowest BCUT2D eigenvalue weighted by molar-refractivity contribution is -0.154. The Labute approximate surface area is 75.7 Å². The number of hydrogen-bond donors (Lipinski definition) is 0. The number of halogens is 6. The fourth-order valence-corrected chi connectivity index (χ4v) is 1.74. The summed E-state index contributed by atoms with van der Waals surface area (Å²) in [5.41, 5.74) is 0. The van der Waals surface area contributed by atoms with Crippen LogP contribution in [0.5, 0.6) is 0 Å². The monoisotopic (exact) mass is 244 g/mol. The van der Waals surface area contributed by atoms with E-state index in [9.17, 15) is 30.9 Å². The molecule has 0 heterocycles. The predicted molar refractivity (Wildman–Crippen MR) is 36.5 cm³/mol. The van der Waals surface area contributed by atoms with Gasteiger partial charge in [-0.1, -0.05) is 0 Å². The fourth-order valence-electron chi connectivity index (χ4n) is 0.581. The van der Waals surface area contributed by atoms with Crippen LogP contribution in [-0.4, -0.2) is 31.8 Å². The second-order valence-electron chi connectivity index (χ2n) is 2.68. The molecule has 0 amide bonds. The normalized spacial score (nSPS) is 17.9. The van der Waals surface area contributed by atoms with Gasteiger partial charge in [0, 0.05) is 6.66 Å². The highest BCUT2D eigenvalue weighted by atomic mass is 31.2. The molecule has 86 valence electrons. The fraction of sp³-hybridized carbons (Fsp3) is 1.00. The van der Waals surface area contributed by atoms with E-state index in [0.29, 0.717) is 6.66 Å². The van der Waals surface area contributed by atoms with E-state index in [0.717, 1.165) is 0 Å². The number of hydrogen-bond acceptors (Lipinski definition) is 2. The van der Waals surface area contributed by atoms with Gasteiger partial charge >= 0.3 is 12.4 Å². The van der Waals surface area contributed by atoms with Crippen LogP contribution < -0.4 is 0 Å². The van der Waals surface area contributed by atoms with Crippen molar-refractivity contribution in [3.05, 3.63) is 0 Å². The van der Waals surface area contributed by atoms with Gasteiger partial charge < -0.3 is 4.52 Å². The third-order valence-electron chi connectivity index (χ3n) is 0.968. The summed E-state index contributed by atoms with van der Waals surface area (Å²) >= 11 is 0. The standard InChI is InChI=1S/C5H7F6O2P/c1-14(12,3-5(9,10)11)13-2-4(6,7)8/h2-3H2,1H3. The van der Waals surface area contributed by atoms with Gasteiger partial charge in [0.05, 0.1) is 0 Å². The Hall–Kier alpha value is -0.230. The Bertz CT molecular complexity index is 231. The van der Waals surface area contributed by atoms with Crippen LogP contribution in [0.4, 0.5) is 26.3 Å². The molecule has 0 aromatic carbocycles. The summed E-state index contributed by atoms with van der Waals surface area (Å²) in [7, 11) is -4.26. The second-order valence-corrected chi connectivity index (χ2v) is 5.28. The van der Waals surface area contributed by atoms with E-state index in [1.54, 1.807) is 0 Å². The van der Waals surface area contributed by atoms with Crippen molar-refractivity contribution in [2.45, 2.75) is 12.4 Å². The van der Waals surface area contributed by atoms with Crippen LogP contribution in [0.25, 0.3) is 0 Å². The van der Waals surface area contributed by atoms with Crippen molar-refractivity contribution >= 4 is 7.37 Å². The minimum Gasteiger partial charge on any atom is -0.319 e. The Morgan fingerprint density at radius 1 is 1.07 bits per heavy atom. The van der Waals surface area contributed by atoms with E-state index >= 15 is 0 Å². The molecule has 0 rings (SSSR count). The van der Waals surface area contributed by atoms with Crippen molar-refractivity contribution in [2.24, 2.45) is 0 Å². The molecule has 0 fully saturated rings. The highest BCUT2D eigenvalue weighted by Crippen LogP contribution is 2.48. The molecule has 0 bridgehead atoms. The van der Waals surface area contributed by atoms with Gasteiger partial charge in [-0.25, -0.2) is 0 Å². The largest absolute Gasteiger partial charge is 0.412 e. The molecular weight excluding hydrogens is 237 g/mol. The Balaban J connectivity index is 4.17. The van der Waals surface area contributed by atoms with Crippen molar-refractivity contribution in [3.8, 4) is 0 Å². The topological polar surface area (TPSA) is 26.3 Å². The van der Waals surface area contributed by atoms with Crippen molar-refractivity contribution in [3.63, 3.8) is 0 Å². The molecule has 0 radical (unpaired) electrons. The third kappa shape index (κ3) is 8.37. The lowest BCUT2D eigenvalue weighted by atomic mass is 10.7. The van der Waals surface area contributed by atoms with Gasteiger partial charge in [0.25, 0.3) is 0 Å². The average Bonchev–Trinajstić information content (AvgIpc) is 1.76. The summed E-state index contributed by atoms with van der Waals surface area (Å²) in [5, 5.41) is 0. The van der Waals surface area contributed by atoms with Gasteiger partial charge in [0.15, 0.2) is 0 Å². The summed E-state index contributed by atoms with van der Waals surface area (Å²) in [6.07, 6.45) is -11.4. The van der Waals surface area contributed by atoms with Crippen LogP contribution in [-0.2, 0) is 9.09 Å². The maximum absolute atomic E-state index is 11.6. The van der Waals surface area contributed by atoms with E-state index < -0.39 is 32.5 Å². The summed E-state index contributed by atoms with van der Waals surface area (Å²) in [6.45, 7) is -1.41. The van der Waals surface area contributed by atoms with Crippen LogP contribution >= 0.6 is 7.37 Å². The maximum Gasteiger partial charge on any atom is 0.412 e. The van der Waals surface area contributed by atoms with Crippen LogP contribution in [0.1, 0.15) is 0 Å². The van der Waals surface area contributed by atoms with Crippen molar-refractivity contribution < 1.29 is 35.4 Å². The SMILES string of the molecule is CP(=O)(CC(F)(F)F)OCC(F)(F)F. The number of alkyl halides is 6. The molecule has 9 heteroatoms. The highest BCUT2D eigenvalue weighted by Gasteiger charge is 2.39. The minimum absolute atomic E-state index is 0.520. The van der Waals surface area contributed by atoms with Crippen molar-refractivity contribution in [1.82, 2.24) is 0 Å². The quantitative estimate of drug-likeness (QED) is 0.563. The lowest BCUT2D eigenvalue weighted by Gasteiger charge is -2.16. The summed E-state index contributed by atoms with van der Waals surface area (Å²) < 4.78 is 83.9. The van der Waals surface area contributed by atoms with Crippen LogP contribution in [0, 0.1) is 0 Å². The average molecular weight is 244 g/mol. The predicted octanol–water partition coefficient (Wildman–Crippen LogP) is 3.04. The molecule has 0 spiro atoms. The molecule has 0 saturated carbocycles. The van der Waals surface area contributed by atoms with Crippen LogP contribution in [0.15, 0.2) is 0 Å². The van der Waals surface area contributed by atoms with Gasteiger partial charge in [0.2, 0.25) is 7.37 Å². The molecule has 0 saturated heterocycles.